The Morgan fingerprint density at radius 2 is 1.70 bits per heavy atom. The summed E-state index contributed by atoms with van der Waals surface area (Å²) in [7, 11) is 0. The van der Waals surface area contributed by atoms with Gasteiger partial charge in [0.05, 0.1) is 6.04 Å². The quantitative estimate of drug-likeness (QED) is 0.710. The summed E-state index contributed by atoms with van der Waals surface area (Å²) in [5.41, 5.74) is 6.03. The molecular weight excluding hydrogens is 348 g/mol. The lowest BCUT2D eigenvalue weighted by Crippen LogP contribution is -2.59. The Labute approximate surface area is 165 Å². The molecule has 2 aromatic carbocycles. The van der Waals surface area contributed by atoms with Crippen LogP contribution in [0.3, 0.4) is 0 Å². The van der Waals surface area contributed by atoms with Crippen molar-refractivity contribution in [2.24, 2.45) is 0 Å². The summed E-state index contributed by atoms with van der Waals surface area (Å²) in [6.07, 6.45) is 3.47. The number of likely N-dealkylation sites (tertiary alicyclic amines) is 1. The fourth-order valence-corrected chi connectivity index (χ4v) is 5.47. The van der Waals surface area contributed by atoms with Crippen LogP contribution in [0.5, 0.6) is 0 Å². The maximum atomic E-state index is 3.75. The van der Waals surface area contributed by atoms with E-state index in [0.717, 1.165) is 26.1 Å². The Morgan fingerprint density at radius 3 is 2.59 bits per heavy atom. The molecule has 2 heterocycles. The van der Waals surface area contributed by atoms with E-state index >= 15 is 0 Å². The van der Waals surface area contributed by atoms with Crippen molar-refractivity contribution in [1.82, 2.24) is 10.2 Å². The molecule has 0 bridgehead atoms. The van der Waals surface area contributed by atoms with Gasteiger partial charge in [0.2, 0.25) is 0 Å². The number of aryl methyl sites for hydroxylation is 2. The van der Waals surface area contributed by atoms with Gasteiger partial charge in [-0.15, -0.1) is 11.3 Å². The van der Waals surface area contributed by atoms with Gasteiger partial charge in [-0.25, -0.2) is 0 Å². The second-order valence-electron chi connectivity index (χ2n) is 7.74. The fraction of sp³-hybridized carbons (Fsp3) is 0.333. The molecule has 1 aliphatic heterocycles. The first-order valence-electron chi connectivity index (χ1n) is 10.0. The van der Waals surface area contributed by atoms with Gasteiger partial charge >= 0.3 is 0 Å². The van der Waals surface area contributed by atoms with Crippen molar-refractivity contribution < 1.29 is 0 Å². The summed E-state index contributed by atoms with van der Waals surface area (Å²) in [4.78, 5) is 4.24. The van der Waals surface area contributed by atoms with Crippen LogP contribution in [-0.2, 0) is 19.3 Å². The Kier molecular flexibility index (Phi) is 4.83. The van der Waals surface area contributed by atoms with Gasteiger partial charge in [0.1, 0.15) is 0 Å². The monoisotopic (exact) mass is 374 g/mol. The van der Waals surface area contributed by atoms with Crippen LogP contribution in [0.2, 0.25) is 0 Å². The standard InChI is InChI=1S/C24H26N2S/c1-2-6-18(7-3-1)12-14-25-20-16-26(17-20)24-21-9-5-4-8-19(21)10-11-23-22(24)13-15-27-23/h1-9,13,15,20,24-25H,10-12,14,16-17H2. The van der Waals surface area contributed by atoms with Crippen LogP contribution in [0.4, 0.5) is 0 Å². The summed E-state index contributed by atoms with van der Waals surface area (Å²) >= 11 is 1.94. The van der Waals surface area contributed by atoms with Crippen molar-refractivity contribution in [1.29, 1.82) is 0 Å². The van der Waals surface area contributed by atoms with Crippen molar-refractivity contribution in [3.05, 3.63) is 93.2 Å². The molecule has 0 radical (unpaired) electrons. The molecule has 138 valence electrons. The lowest BCUT2D eigenvalue weighted by atomic mass is 9.92. The smallest absolute Gasteiger partial charge is 0.0616 e. The number of hydrogen-bond donors (Lipinski definition) is 1. The molecule has 1 aliphatic carbocycles. The zero-order valence-electron chi connectivity index (χ0n) is 15.6. The molecule has 1 aromatic heterocycles. The van der Waals surface area contributed by atoms with Gasteiger partial charge in [0.15, 0.2) is 0 Å². The molecule has 27 heavy (non-hydrogen) atoms. The predicted octanol–water partition coefficient (Wildman–Crippen LogP) is 4.45. The lowest BCUT2D eigenvalue weighted by molar-refractivity contribution is 0.0935. The molecule has 2 aliphatic rings. The number of hydrogen-bond acceptors (Lipinski definition) is 3. The molecular formula is C24H26N2S. The molecule has 1 fully saturated rings. The zero-order chi connectivity index (χ0) is 18.1. The molecule has 1 unspecified atom stereocenters. The highest BCUT2D eigenvalue weighted by Gasteiger charge is 2.36. The molecule has 1 N–H and O–H groups in total. The minimum Gasteiger partial charge on any atom is -0.311 e. The molecule has 2 nitrogen and oxygen atoms in total. The molecule has 0 spiro atoms. The first-order chi connectivity index (χ1) is 13.4. The minimum atomic E-state index is 0.442. The highest BCUT2D eigenvalue weighted by atomic mass is 32.1. The summed E-state index contributed by atoms with van der Waals surface area (Å²) in [6.45, 7) is 3.35. The molecule has 1 saturated heterocycles. The summed E-state index contributed by atoms with van der Waals surface area (Å²) < 4.78 is 0. The Hall–Kier alpha value is -1.94. The van der Waals surface area contributed by atoms with Crippen molar-refractivity contribution in [3.63, 3.8) is 0 Å². The van der Waals surface area contributed by atoms with Crippen LogP contribution in [-0.4, -0.2) is 30.6 Å². The summed E-state index contributed by atoms with van der Waals surface area (Å²) in [5.74, 6) is 0. The van der Waals surface area contributed by atoms with Gasteiger partial charge in [0, 0.05) is 24.0 Å². The van der Waals surface area contributed by atoms with Gasteiger partial charge < -0.3 is 5.32 Å². The summed E-state index contributed by atoms with van der Waals surface area (Å²) in [6, 6.07) is 23.3. The molecule has 5 rings (SSSR count). The summed E-state index contributed by atoms with van der Waals surface area (Å²) in [5, 5.41) is 6.03. The topological polar surface area (TPSA) is 15.3 Å². The second-order valence-corrected chi connectivity index (χ2v) is 8.74. The maximum absolute atomic E-state index is 3.75. The number of fused-ring (bicyclic) bond motifs is 2. The molecule has 3 aromatic rings. The van der Waals surface area contributed by atoms with E-state index in [1.165, 1.54) is 29.5 Å². The first-order valence-corrected chi connectivity index (χ1v) is 10.9. The SMILES string of the molecule is c1ccc(CCNC2CN(C3c4ccccc4CCc4sccc43)C2)cc1. The molecule has 0 saturated carbocycles. The molecule has 3 heteroatoms. The van der Waals surface area contributed by atoms with Crippen molar-refractivity contribution in [2.75, 3.05) is 19.6 Å². The highest BCUT2D eigenvalue weighted by Crippen LogP contribution is 2.40. The van der Waals surface area contributed by atoms with Gasteiger partial charge in [-0.05, 0) is 59.5 Å². The maximum Gasteiger partial charge on any atom is 0.0616 e. The van der Waals surface area contributed by atoms with Gasteiger partial charge in [-0.2, -0.15) is 0 Å². The molecule has 0 amide bonds. The van der Waals surface area contributed by atoms with Crippen molar-refractivity contribution in [2.45, 2.75) is 31.3 Å². The van der Waals surface area contributed by atoms with E-state index in [2.05, 4.69) is 76.3 Å². The van der Waals surface area contributed by atoms with E-state index < -0.39 is 0 Å². The largest absolute Gasteiger partial charge is 0.311 e. The fourth-order valence-electron chi connectivity index (χ4n) is 4.55. The first kappa shape index (κ1) is 17.2. The zero-order valence-corrected chi connectivity index (χ0v) is 16.4. The number of thiophene rings is 1. The van der Waals surface area contributed by atoms with E-state index in [4.69, 9.17) is 0 Å². The number of nitrogens with zero attached hydrogens (tertiary/aromatic N) is 1. The van der Waals surface area contributed by atoms with Crippen LogP contribution in [0.1, 0.15) is 33.2 Å². The van der Waals surface area contributed by atoms with E-state index in [9.17, 15) is 0 Å². The normalized spacial score (nSPS) is 19.8. The van der Waals surface area contributed by atoms with Crippen molar-refractivity contribution >= 4 is 11.3 Å². The van der Waals surface area contributed by atoms with Crippen LogP contribution in [0.25, 0.3) is 0 Å². The number of nitrogens with one attached hydrogen (secondary N) is 1. The average molecular weight is 375 g/mol. The second kappa shape index (κ2) is 7.59. The van der Waals surface area contributed by atoms with E-state index in [0.29, 0.717) is 12.1 Å². The Bertz CT molecular complexity index is 896. The van der Waals surface area contributed by atoms with Crippen LogP contribution in [0, 0.1) is 0 Å². The lowest BCUT2D eigenvalue weighted by Gasteiger charge is -2.45. The van der Waals surface area contributed by atoms with Gasteiger partial charge in [-0.3, -0.25) is 4.90 Å². The van der Waals surface area contributed by atoms with E-state index in [1.54, 1.807) is 10.4 Å². The van der Waals surface area contributed by atoms with Gasteiger partial charge in [-0.1, -0.05) is 54.6 Å². The van der Waals surface area contributed by atoms with E-state index in [1.807, 2.05) is 11.3 Å². The van der Waals surface area contributed by atoms with Crippen LogP contribution in [0.15, 0.2) is 66.0 Å². The van der Waals surface area contributed by atoms with Crippen molar-refractivity contribution in [3.8, 4) is 0 Å². The third kappa shape index (κ3) is 3.47. The average Bonchev–Trinajstić information content (AvgIpc) is 3.08. The van der Waals surface area contributed by atoms with Crippen LogP contribution >= 0.6 is 11.3 Å². The van der Waals surface area contributed by atoms with E-state index in [-0.39, 0.29) is 0 Å². The van der Waals surface area contributed by atoms with Crippen LogP contribution < -0.4 is 5.32 Å². The third-order valence-corrected chi connectivity index (χ3v) is 7.01. The molecule has 1 atom stereocenters. The number of rotatable bonds is 5. The highest BCUT2D eigenvalue weighted by molar-refractivity contribution is 7.10. The Morgan fingerprint density at radius 1 is 0.889 bits per heavy atom. The number of benzene rings is 2. The minimum absolute atomic E-state index is 0.442. The van der Waals surface area contributed by atoms with Gasteiger partial charge in [0.25, 0.3) is 0 Å². The third-order valence-electron chi connectivity index (χ3n) is 6.01. The Balaban J connectivity index is 1.26. The predicted molar refractivity (Wildman–Crippen MR) is 114 cm³/mol.